The molecular weight excluding hydrogens is 402 g/mol. The third kappa shape index (κ3) is 7.81. The molecule has 0 aliphatic rings. The third-order valence-corrected chi connectivity index (χ3v) is 4.15. The molecule has 0 radical (unpaired) electrons. The Hall–Kier alpha value is -2.97. The van der Waals surface area contributed by atoms with Crippen molar-refractivity contribution in [2.45, 2.75) is 20.3 Å². The molecule has 2 amide bonds. The highest BCUT2D eigenvalue weighted by atomic mass is 32.1. The summed E-state index contributed by atoms with van der Waals surface area (Å²) in [4.78, 5) is 24.6. The van der Waals surface area contributed by atoms with Crippen LogP contribution in [0.15, 0.2) is 48.5 Å². The molecule has 0 saturated carbocycles. The molecule has 2 rings (SSSR count). The summed E-state index contributed by atoms with van der Waals surface area (Å²) in [7, 11) is 0. The zero-order valence-electron chi connectivity index (χ0n) is 17.2. The van der Waals surface area contributed by atoms with Gasteiger partial charge in [-0.3, -0.25) is 14.9 Å². The van der Waals surface area contributed by atoms with E-state index in [4.69, 9.17) is 21.7 Å². The summed E-state index contributed by atoms with van der Waals surface area (Å²) in [6, 6.07) is 13.7. The second kappa shape index (κ2) is 12.6. The molecule has 2 aromatic rings. The van der Waals surface area contributed by atoms with Crippen LogP contribution in [0, 0.1) is 0 Å². The van der Waals surface area contributed by atoms with Crippen LogP contribution < -0.4 is 20.7 Å². The van der Waals surface area contributed by atoms with Gasteiger partial charge >= 0.3 is 0 Å². The van der Waals surface area contributed by atoms with Crippen LogP contribution in [0.1, 0.15) is 41.0 Å². The summed E-state index contributed by atoms with van der Waals surface area (Å²) >= 11 is 5.23. The summed E-state index contributed by atoms with van der Waals surface area (Å²) in [5.74, 6) is 0.0585. The Kier molecular flexibility index (Phi) is 9.76. The summed E-state index contributed by atoms with van der Waals surface area (Å²) in [5.41, 5.74) is 1.54. The predicted molar refractivity (Wildman–Crippen MR) is 121 cm³/mol. The van der Waals surface area contributed by atoms with E-state index >= 15 is 0 Å². The molecule has 0 bridgehead atoms. The van der Waals surface area contributed by atoms with Gasteiger partial charge in [0.2, 0.25) is 0 Å². The van der Waals surface area contributed by atoms with Crippen molar-refractivity contribution in [3.8, 4) is 5.75 Å². The number of hydrogen-bond donors (Lipinski definition) is 3. The van der Waals surface area contributed by atoms with Gasteiger partial charge in [-0.1, -0.05) is 19.1 Å². The molecule has 2 aromatic carbocycles. The summed E-state index contributed by atoms with van der Waals surface area (Å²) in [6.45, 7) is 6.03. The molecule has 0 aliphatic carbocycles. The summed E-state index contributed by atoms with van der Waals surface area (Å²) < 4.78 is 10.8. The molecule has 3 N–H and O–H groups in total. The maximum Gasteiger partial charge on any atom is 0.257 e. The number of carbonyl (C=O) groups excluding carboxylic acids is 2. The monoisotopic (exact) mass is 429 g/mol. The largest absolute Gasteiger partial charge is 0.491 e. The first-order valence-corrected chi connectivity index (χ1v) is 10.3. The van der Waals surface area contributed by atoms with Crippen LogP contribution in [0.4, 0.5) is 5.69 Å². The van der Waals surface area contributed by atoms with Crippen molar-refractivity contribution in [3.05, 3.63) is 59.7 Å². The lowest BCUT2D eigenvalue weighted by atomic mass is 10.2. The Morgan fingerprint density at radius 1 is 0.967 bits per heavy atom. The summed E-state index contributed by atoms with van der Waals surface area (Å²) in [6.07, 6.45) is 0.860. The van der Waals surface area contributed by atoms with Crippen molar-refractivity contribution in [3.63, 3.8) is 0 Å². The smallest absolute Gasteiger partial charge is 0.257 e. The number of ether oxygens (including phenoxy) is 2. The number of anilines is 1. The maximum absolute atomic E-state index is 12.5. The van der Waals surface area contributed by atoms with Crippen molar-refractivity contribution in [1.82, 2.24) is 10.6 Å². The van der Waals surface area contributed by atoms with E-state index in [9.17, 15) is 9.59 Å². The fourth-order valence-electron chi connectivity index (χ4n) is 2.51. The third-order valence-electron chi connectivity index (χ3n) is 3.94. The Morgan fingerprint density at radius 2 is 1.70 bits per heavy atom. The van der Waals surface area contributed by atoms with Crippen LogP contribution in [-0.4, -0.2) is 43.3 Å². The number of thiocarbonyl (C=S) groups is 1. The van der Waals surface area contributed by atoms with Crippen LogP contribution >= 0.6 is 12.2 Å². The van der Waals surface area contributed by atoms with E-state index in [1.807, 2.05) is 13.8 Å². The SMILES string of the molecule is CCCNC(=O)c1cccc(NC(=S)NC(=O)c2cccc(OCCOCC)c2)c1. The van der Waals surface area contributed by atoms with Crippen LogP contribution in [0.25, 0.3) is 0 Å². The molecule has 0 fully saturated rings. The lowest BCUT2D eigenvalue weighted by Crippen LogP contribution is -2.34. The highest BCUT2D eigenvalue weighted by Crippen LogP contribution is 2.14. The van der Waals surface area contributed by atoms with Gasteiger partial charge in [-0.05, 0) is 62.0 Å². The molecule has 0 heterocycles. The standard InChI is InChI=1S/C22H27N3O4S/c1-3-11-23-20(26)16-7-5-9-18(14-16)24-22(30)25-21(27)17-8-6-10-19(15-17)29-13-12-28-4-2/h5-10,14-15H,3-4,11-13H2,1-2H3,(H,23,26)(H2,24,25,27,30). The predicted octanol–water partition coefficient (Wildman–Crippen LogP) is 3.37. The van der Waals surface area contributed by atoms with Gasteiger partial charge < -0.3 is 20.1 Å². The van der Waals surface area contributed by atoms with Gasteiger partial charge in [0.1, 0.15) is 12.4 Å². The number of rotatable bonds is 10. The highest BCUT2D eigenvalue weighted by Gasteiger charge is 2.10. The average molecular weight is 430 g/mol. The number of benzene rings is 2. The molecule has 30 heavy (non-hydrogen) atoms. The van der Waals surface area contributed by atoms with Crippen LogP contribution in [0.3, 0.4) is 0 Å². The fourth-order valence-corrected chi connectivity index (χ4v) is 2.72. The molecule has 0 saturated heterocycles. The second-order valence-corrected chi connectivity index (χ2v) is 6.73. The molecule has 8 heteroatoms. The van der Waals surface area contributed by atoms with Crippen molar-refractivity contribution < 1.29 is 19.1 Å². The minimum absolute atomic E-state index is 0.133. The zero-order chi connectivity index (χ0) is 21.8. The minimum atomic E-state index is -0.361. The van der Waals surface area contributed by atoms with Crippen molar-refractivity contribution in [2.75, 3.05) is 31.7 Å². The molecular formula is C22H27N3O4S. The fraction of sp³-hybridized carbons (Fsp3) is 0.318. The van der Waals surface area contributed by atoms with Crippen LogP contribution in [0.2, 0.25) is 0 Å². The van der Waals surface area contributed by atoms with E-state index in [-0.39, 0.29) is 16.9 Å². The Labute approximate surface area is 182 Å². The molecule has 0 spiro atoms. The van der Waals surface area contributed by atoms with Crippen molar-refractivity contribution in [1.29, 1.82) is 0 Å². The molecule has 160 valence electrons. The van der Waals surface area contributed by atoms with Gasteiger partial charge in [0.05, 0.1) is 6.61 Å². The number of amides is 2. The van der Waals surface area contributed by atoms with Gasteiger partial charge in [-0.15, -0.1) is 0 Å². The molecule has 0 aromatic heterocycles. The van der Waals surface area contributed by atoms with Crippen molar-refractivity contribution >= 4 is 34.8 Å². The lowest BCUT2D eigenvalue weighted by Gasteiger charge is -2.12. The van der Waals surface area contributed by atoms with E-state index in [1.165, 1.54) is 0 Å². The van der Waals surface area contributed by atoms with Gasteiger partial charge in [-0.2, -0.15) is 0 Å². The van der Waals surface area contributed by atoms with E-state index < -0.39 is 0 Å². The number of hydrogen-bond acceptors (Lipinski definition) is 5. The normalized spacial score (nSPS) is 10.2. The highest BCUT2D eigenvalue weighted by molar-refractivity contribution is 7.80. The molecule has 0 unspecified atom stereocenters. The van der Waals surface area contributed by atoms with Crippen molar-refractivity contribution in [2.24, 2.45) is 0 Å². The lowest BCUT2D eigenvalue weighted by molar-refractivity contribution is 0.0951. The van der Waals surface area contributed by atoms with Gasteiger partial charge in [0.15, 0.2) is 5.11 Å². The Morgan fingerprint density at radius 3 is 2.43 bits per heavy atom. The van der Waals surface area contributed by atoms with Gasteiger partial charge in [0, 0.05) is 30.0 Å². The van der Waals surface area contributed by atoms with E-state index in [0.29, 0.717) is 48.9 Å². The first kappa shape index (κ1) is 23.3. The van der Waals surface area contributed by atoms with E-state index in [0.717, 1.165) is 6.42 Å². The first-order valence-electron chi connectivity index (χ1n) is 9.84. The quantitative estimate of drug-likeness (QED) is 0.396. The van der Waals surface area contributed by atoms with E-state index in [2.05, 4.69) is 16.0 Å². The first-order chi connectivity index (χ1) is 14.5. The van der Waals surface area contributed by atoms with Crippen LogP contribution in [-0.2, 0) is 4.74 Å². The zero-order valence-corrected chi connectivity index (χ0v) is 18.0. The van der Waals surface area contributed by atoms with E-state index in [1.54, 1.807) is 48.5 Å². The average Bonchev–Trinajstić information content (AvgIpc) is 2.75. The molecule has 0 aliphatic heterocycles. The topological polar surface area (TPSA) is 88.7 Å². The van der Waals surface area contributed by atoms with Gasteiger partial charge in [-0.25, -0.2) is 0 Å². The number of carbonyl (C=O) groups is 2. The second-order valence-electron chi connectivity index (χ2n) is 6.32. The van der Waals surface area contributed by atoms with Crippen LogP contribution in [0.5, 0.6) is 5.75 Å². The Balaban J connectivity index is 1.92. The maximum atomic E-state index is 12.5. The number of nitrogens with one attached hydrogen (secondary N) is 3. The summed E-state index contributed by atoms with van der Waals surface area (Å²) in [5, 5.41) is 8.51. The molecule has 0 atom stereocenters. The minimum Gasteiger partial charge on any atom is -0.491 e. The molecule has 7 nitrogen and oxygen atoms in total. The van der Waals surface area contributed by atoms with Gasteiger partial charge in [0.25, 0.3) is 11.8 Å². The Bertz CT molecular complexity index is 873.